The molecule has 0 saturated heterocycles. The van der Waals surface area contributed by atoms with Crippen LogP contribution in [0, 0.1) is 0 Å². The first-order valence-electron chi connectivity index (χ1n) is 18.3. The van der Waals surface area contributed by atoms with Crippen LogP contribution in [0.2, 0.25) is 0 Å². The minimum absolute atomic E-state index is 0.384. The van der Waals surface area contributed by atoms with E-state index >= 15 is 0 Å². The van der Waals surface area contributed by atoms with Crippen molar-refractivity contribution in [3.05, 3.63) is 77.7 Å². The summed E-state index contributed by atoms with van der Waals surface area (Å²) >= 11 is 1.31. The molecule has 7 nitrogen and oxygen atoms in total. The first-order valence-corrected chi connectivity index (χ1v) is 19.1. The van der Waals surface area contributed by atoms with Crippen molar-refractivity contribution in [1.82, 2.24) is 0 Å². The van der Waals surface area contributed by atoms with Gasteiger partial charge in [-0.15, -0.1) is 11.3 Å². The number of ether oxygens (including phenoxy) is 4. The molecule has 1 unspecified atom stereocenters. The number of rotatable bonds is 21. The van der Waals surface area contributed by atoms with Gasteiger partial charge in [-0.3, -0.25) is 0 Å². The lowest BCUT2D eigenvalue weighted by Crippen LogP contribution is -2.26. The van der Waals surface area contributed by atoms with E-state index in [0.717, 1.165) is 52.8 Å². The van der Waals surface area contributed by atoms with Crippen molar-refractivity contribution < 1.29 is 33.0 Å². The summed E-state index contributed by atoms with van der Waals surface area (Å²) < 4.78 is 29.7. The van der Waals surface area contributed by atoms with E-state index in [2.05, 4.69) is 13.8 Å². The molecule has 2 heterocycles. The number of unbranched alkanes of at least 4 members (excludes halogenated alkanes) is 10. The Morgan fingerprint density at radius 1 is 0.640 bits per heavy atom. The fourth-order valence-electron chi connectivity index (χ4n) is 5.79. The molecule has 0 saturated carbocycles. The maximum absolute atomic E-state index is 13.0. The summed E-state index contributed by atoms with van der Waals surface area (Å²) in [5.41, 5.74) is 3.23. The number of carbonyl (C=O) groups is 2. The second kappa shape index (κ2) is 19.3. The van der Waals surface area contributed by atoms with Gasteiger partial charge in [0, 0.05) is 24.1 Å². The Kier molecular flexibility index (Phi) is 14.3. The van der Waals surface area contributed by atoms with Crippen LogP contribution in [0.15, 0.2) is 77.2 Å². The number of carbonyl (C=O) groups excluding carboxylic acids is 2. The van der Waals surface area contributed by atoms with Crippen LogP contribution < -0.4 is 14.2 Å². The maximum atomic E-state index is 13.0. The average molecular weight is 699 g/mol. The van der Waals surface area contributed by atoms with Crippen molar-refractivity contribution in [3.63, 3.8) is 0 Å². The van der Waals surface area contributed by atoms with Crippen LogP contribution in [-0.2, 0) is 9.53 Å². The van der Waals surface area contributed by atoms with E-state index in [1.165, 1.54) is 69.1 Å². The molecule has 0 radical (unpaired) electrons. The molecule has 266 valence electrons. The molecule has 0 N–H and O–H groups in total. The van der Waals surface area contributed by atoms with Gasteiger partial charge >= 0.3 is 11.9 Å². The smallest absolute Gasteiger partial charge is 0.353 e. The van der Waals surface area contributed by atoms with Crippen molar-refractivity contribution in [2.45, 2.75) is 104 Å². The molecule has 0 bridgehead atoms. The van der Waals surface area contributed by atoms with Crippen LogP contribution in [0.1, 0.15) is 107 Å². The van der Waals surface area contributed by atoms with Crippen molar-refractivity contribution >= 4 is 44.5 Å². The molecule has 2 aromatic heterocycles. The highest BCUT2D eigenvalue weighted by atomic mass is 32.1. The predicted molar refractivity (Wildman–Crippen MR) is 202 cm³/mol. The van der Waals surface area contributed by atoms with Crippen LogP contribution in [0.5, 0.6) is 17.2 Å². The van der Waals surface area contributed by atoms with Crippen LogP contribution >= 0.6 is 11.3 Å². The summed E-state index contributed by atoms with van der Waals surface area (Å²) in [6, 6.07) is 22.5. The highest BCUT2D eigenvalue weighted by Crippen LogP contribution is 2.37. The lowest BCUT2D eigenvalue weighted by Gasteiger charge is -2.12. The third-order valence-electron chi connectivity index (χ3n) is 8.75. The number of benzene rings is 3. The van der Waals surface area contributed by atoms with E-state index < -0.39 is 18.0 Å². The zero-order chi connectivity index (χ0) is 35.1. The zero-order valence-electron chi connectivity index (χ0n) is 29.7. The summed E-state index contributed by atoms with van der Waals surface area (Å²) in [4.78, 5) is 26.1. The Bertz CT molecular complexity index is 1790. The maximum Gasteiger partial charge on any atom is 0.353 e. The summed E-state index contributed by atoms with van der Waals surface area (Å²) in [6.07, 6.45) is 13.8. The fourth-order valence-corrected chi connectivity index (χ4v) is 6.78. The number of hydrogen-bond acceptors (Lipinski definition) is 8. The number of thiophene rings is 1. The summed E-state index contributed by atoms with van der Waals surface area (Å²) in [6.45, 7) is 7.42. The molecule has 0 aliphatic carbocycles. The largest absolute Gasteiger partial charge is 0.494 e. The third-order valence-corrected chi connectivity index (χ3v) is 9.88. The van der Waals surface area contributed by atoms with Crippen molar-refractivity contribution in [3.8, 4) is 28.4 Å². The first kappa shape index (κ1) is 37.1. The van der Waals surface area contributed by atoms with Gasteiger partial charge in [0.2, 0.25) is 0 Å². The van der Waals surface area contributed by atoms with Crippen LogP contribution in [0.3, 0.4) is 0 Å². The molecular formula is C42H50O7S. The Morgan fingerprint density at radius 2 is 1.22 bits per heavy atom. The van der Waals surface area contributed by atoms with Gasteiger partial charge in [0.15, 0.2) is 6.10 Å². The zero-order valence-corrected chi connectivity index (χ0v) is 30.5. The minimum Gasteiger partial charge on any atom is -0.494 e. The molecule has 8 heteroatoms. The Labute approximate surface area is 299 Å². The van der Waals surface area contributed by atoms with Crippen molar-refractivity contribution in [1.29, 1.82) is 0 Å². The van der Waals surface area contributed by atoms with E-state index in [9.17, 15) is 9.59 Å². The van der Waals surface area contributed by atoms with Crippen LogP contribution in [0.4, 0.5) is 0 Å². The van der Waals surface area contributed by atoms with Crippen LogP contribution in [0.25, 0.3) is 32.4 Å². The molecule has 0 amide bonds. The predicted octanol–water partition coefficient (Wildman–Crippen LogP) is 11.9. The molecule has 0 spiro atoms. The number of hydrogen-bond donors (Lipinski definition) is 0. The summed E-state index contributed by atoms with van der Waals surface area (Å²) in [5, 5.41) is 0.833. The third kappa shape index (κ3) is 10.7. The normalized spacial score (nSPS) is 12.0. The Hall–Kier alpha value is -4.14. The molecule has 50 heavy (non-hydrogen) atoms. The molecule has 3 aromatic carbocycles. The van der Waals surface area contributed by atoms with Gasteiger partial charge < -0.3 is 23.4 Å². The van der Waals surface area contributed by atoms with Crippen molar-refractivity contribution in [2.75, 3.05) is 13.2 Å². The fraction of sp³-hybridized carbons (Fsp3) is 0.429. The van der Waals surface area contributed by atoms with Crippen molar-refractivity contribution in [2.24, 2.45) is 0 Å². The van der Waals surface area contributed by atoms with Crippen LogP contribution in [-0.4, -0.2) is 31.3 Å². The van der Waals surface area contributed by atoms with Gasteiger partial charge in [-0.25, -0.2) is 9.59 Å². The summed E-state index contributed by atoms with van der Waals surface area (Å²) in [5.74, 6) is 0.831. The second-order valence-electron chi connectivity index (χ2n) is 12.8. The summed E-state index contributed by atoms with van der Waals surface area (Å²) in [7, 11) is 0. The number of esters is 2. The number of fused-ring (bicyclic) bond motifs is 3. The highest BCUT2D eigenvalue weighted by Gasteiger charge is 2.20. The van der Waals surface area contributed by atoms with E-state index in [1.54, 1.807) is 37.3 Å². The van der Waals surface area contributed by atoms with Gasteiger partial charge in [0.25, 0.3) is 0 Å². The van der Waals surface area contributed by atoms with Gasteiger partial charge in [-0.2, -0.15) is 0 Å². The topological polar surface area (TPSA) is 84.2 Å². The van der Waals surface area contributed by atoms with E-state index in [4.69, 9.17) is 23.4 Å². The standard InChI is InChI=1S/C42H50O7S/c1-4-6-8-10-12-14-26-45-30(3)41(43)48-35-24-25-36-37(28-35)49-38-29-39(50-40(36)38)42(44)47-34-22-18-32(19-23-34)31-16-20-33(21-17-31)46-27-15-13-11-9-7-5-2/h16-25,28-30H,4-15,26-27H2,1-3H3. The highest BCUT2D eigenvalue weighted by molar-refractivity contribution is 7.21. The molecule has 0 aliphatic rings. The second-order valence-corrected chi connectivity index (χ2v) is 13.9. The lowest BCUT2D eigenvalue weighted by atomic mass is 10.1. The first-order chi connectivity index (χ1) is 24.4. The quantitative estimate of drug-likeness (QED) is 0.0428. The van der Waals surface area contributed by atoms with Gasteiger partial charge in [0.05, 0.1) is 11.3 Å². The average Bonchev–Trinajstić information content (AvgIpc) is 3.70. The minimum atomic E-state index is -0.655. The molecule has 0 aliphatic heterocycles. The van der Waals surface area contributed by atoms with Gasteiger partial charge in [-0.1, -0.05) is 102 Å². The monoisotopic (exact) mass is 698 g/mol. The van der Waals surface area contributed by atoms with E-state index in [1.807, 2.05) is 42.5 Å². The molecule has 5 aromatic rings. The SMILES string of the molecule is CCCCCCCCOc1ccc(-c2ccc(OC(=O)c3cc4oc5cc(OC(=O)C(C)OCCCCCCCC)ccc5c4s3)cc2)cc1. The van der Waals surface area contributed by atoms with E-state index in [-0.39, 0.29) is 0 Å². The Balaban J connectivity index is 1.09. The Morgan fingerprint density at radius 3 is 1.88 bits per heavy atom. The molecule has 5 rings (SSSR count). The molecular weight excluding hydrogens is 649 g/mol. The lowest BCUT2D eigenvalue weighted by molar-refractivity contribution is -0.146. The van der Waals surface area contributed by atoms with Gasteiger partial charge in [0.1, 0.15) is 33.3 Å². The van der Waals surface area contributed by atoms with Gasteiger partial charge in [-0.05, 0) is 67.3 Å². The molecule has 0 fully saturated rings. The van der Waals surface area contributed by atoms with E-state index in [0.29, 0.717) is 34.1 Å². The molecule has 1 atom stereocenters. The number of furan rings is 1.